The van der Waals surface area contributed by atoms with Crippen LogP contribution in [0, 0.1) is 13.8 Å². The van der Waals surface area contributed by atoms with Gasteiger partial charge in [0.05, 0.1) is 11.0 Å². The number of aliphatic hydroxyl groups excluding tert-OH is 1. The van der Waals surface area contributed by atoms with Gasteiger partial charge in [0, 0.05) is 13.0 Å². The molecular formula is C13H17NO5S. The Morgan fingerprint density at radius 1 is 1.30 bits per heavy atom. The number of rotatable bonds is 3. The van der Waals surface area contributed by atoms with Crippen LogP contribution in [-0.4, -0.2) is 47.6 Å². The summed E-state index contributed by atoms with van der Waals surface area (Å²) in [5.41, 5.74) is 1.78. The number of aryl methyl sites for hydroxylation is 2. The van der Waals surface area contributed by atoms with Crippen LogP contribution in [0.3, 0.4) is 0 Å². The van der Waals surface area contributed by atoms with Crippen molar-refractivity contribution in [3.05, 3.63) is 29.3 Å². The summed E-state index contributed by atoms with van der Waals surface area (Å²) in [6.45, 7) is 3.47. The maximum atomic E-state index is 12.5. The topological polar surface area (TPSA) is 94.9 Å². The van der Waals surface area contributed by atoms with Gasteiger partial charge in [-0.05, 0) is 37.1 Å². The van der Waals surface area contributed by atoms with E-state index in [2.05, 4.69) is 0 Å². The number of carbonyl (C=O) groups is 1. The minimum Gasteiger partial charge on any atom is -0.480 e. The Hall–Kier alpha value is -1.44. The maximum absolute atomic E-state index is 12.5. The van der Waals surface area contributed by atoms with E-state index >= 15 is 0 Å². The van der Waals surface area contributed by atoms with Gasteiger partial charge in [0.1, 0.15) is 6.04 Å². The first kappa shape index (κ1) is 15.0. The van der Waals surface area contributed by atoms with Gasteiger partial charge in [-0.1, -0.05) is 6.07 Å². The molecule has 1 aliphatic heterocycles. The van der Waals surface area contributed by atoms with Crippen LogP contribution in [0.25, 0.3) is 0 Å². The lowest BCUT2D eigenvalue weighted by molar-refractivity contribution is -0.140. The zero-order valence-electron chi connectivity index (χ0n) is 11.3. The molecule has 1 aliphatic rings. The second-order valence-corrected chi connectivity index (χ2v) is 6.95. The van der Waals surface area contributed by atoms with E-state index in [9.17, 15) is 18.3 Å². The number of aliphatic carboxylic acids is 1. The molecule has 0 bridgehead atoms. The van der Waals surface area contributed by atoms with Crippen LogP contribution >= 0.6 is 0 Å². The first-order chi connectivity index (χ1) is 9.23. The highest BCUT2D eigenvalue weighted by Crippen LogP contribution is 2.27. The lowest BCUT2D eigenvalue weighted by atomic mass is 10.1. The van der Waals surface area contributed by atoms with Crippen molar-refractivity contribution in [2.24, 2.45) is 0 Å². The van der Waals surface area contributed by atoms with Gasteiger partial charge in [-0.25, -0.2) is 8.42 Å². The van der Waals surface area contributed by atoms with Gasteiger partial charge in [0.25, 0.3) is 0 Å². The second-order valence-electron chi connectivity index (χ2n) is 5.06. The van der Waals surface area contributed by atoms with E-state index < -0.39 is 28.1 Å². The van der Waals surface area contributed by atoms with E-state index in [-0.39, 0.29) is 17.9 Å². The summed E-state index contributed by atoms with van der Waals surface area (Å²) in [4.78, 5) is 11.2. The third-order valence-corrected chi connectivity index (χ3v) is 5.47. The standard InChI is InChI=1S/C13H17NO5S/c1-8-3-4-11(5-9(8)2)20(18,19)14-7-10(15)6-12(14)13(16)17/h3-5,10,12,15H,6-7H2,1-2H3,(H,16,17)/t10-,12+/m0/s1. The highest BCUT2D eigenvalue weighted by atomic mass is 32.2. The molecule has 110 valence electrons. The summed E-state index contributed by atoms with van der Waals surface area (Å²) < 4.78 is 25.9. The van der Waals surface area contributed by atoms with Crippen LogP contribution in [-0.2, 0) is 14.8 Å². The van der Waals surface area contributed by atoms with Crippen molar-refractivity contribution in [1.29, 1.82) is 0 Å². The van der Waals surface area contributed by atoms with Gasteiger partial charge in [0.15, 0.2) is 0 Å². The molecular weight excluding hydrogens is 282 g/mol. The average molecular weight is 299 g/mol. The largest absolute Gasteiger partial charge is 0.480 e. The Labute approximate surface area is 117 Å². The summed E-state index contributed by atoms with van der Waals surface area (Å²) in [5, 5.41) is 18.7. The fourth-order valence-electron chi connectivity index (χ4n) is 2.28. The van der Waals surface area contributed by atoms with Crippen LogP contribution in [0.15, 0.2) is 23.1 Å². The number of hydrogen-bond donors (Lipinski definition) is 2. The van der Waals surface area contributed by atoms with Crippen LogP contribution in [0.1, 0.15) is 17.5 Å². The molecule has 0 saturated carbocycles. The van der Waals surface area contributed by atoms with Crippen molar-refractivity contribution in [3.8, 4) is 0 Å². The smallest absolute Gasteiger partial charge is 0.322 e. The molecule has 0 aromatic heterocycles. The molecule has 0 unspecified atom stereocenters. The van der Waals surface area contributed by atoms with Gasteiger partial charge in [-0.15, -0.1) is 0 Å². The molecule has 0 amide bonds. The van der Waals surface area contributed by atoms with Crippen LogP contribution < -0.4 is 0 Å². The predicted molar refractivity (Wildman–Crippen MR) is 71.9 cm³/mol. The zero-order chi connectivity index (χ0) is 15.1. The monoisotopic (exact) mass is 299 g/mol. The van der Waals surface area contributed by atoms with E-state index in [0.29, 0.717) is 0 Å². The third kappa shape index (κ3) is 2.56. The molecule has 1 heterocycles. The predicted octanol–water partition coefficient (Wildman–Crippen LogP) is 0.512. The molecule has 0 spiro atoms. The molecule has 2 N–H and O–H groups in total. The number of nitrogens with zero attached hydrogens (tertiary/aromatic N) is 1. The summed E-state index contributed by atoms with van der Waals surface area (Å²) in [7, 11) is -3.91. The fraction of sp³-hybridized carbons (Fsp3) is 0.462. The van der Waals surface area contributed by atoms with Gasteiger partial charge in [-0.3, -0.25) is 4.79 Å². The second kappa shape index (κ2) is 5.16. The zero-order valence-corrected chi connectivity index (χ0v) is 12.1. The molecule has 1 aromatic rings. The fourth-order valence-corrected chi connectivity index (χ4v) is 4.00. The molecule has 20 heavy (non-hydrogen) atoms. The van der Waals surface area contributed by atoms with Crippen molar-refractivity contribution in [2.75, 3.05) is 6.54 Å². The van der Waals surface area contributed by atoms with Crippen LogP contribution in [0.5, 0.6) is 0 Å². The summed E-state index contributed by atoms with van der Waals surface area (Å²) in [6, 6.07) is 3.46. The van der Waals surface area contributed by atoms with Gasteiger partial charge in [0.2, 0.25) is 10.0 Å². The van der Waals surface area contributed by atoms with Crippen molar-refractivity contribution < 1.29 is 23.4 Å². The Morgan fingerprint density at radius 3 is 2.50 bits per heavy atom. The van der Waals surface area contributed by atoms with E-state index in [0.717, 1.165) is 15.4 Å². The molecule has 2 atom stereocenters. The number of aliphatic hydroxyl groups is 1. The van der Waals surface area contributed by atoms with Gasteiger partial charge in [-0.2, -0.15) is 4.31 Å². The quantitative estimate of drug-likeness (QED) is 0.848. The molecule has 6 nitrogen and oxygen atoms in total. The molecule has 0 radical (unpaired) electrons. The van der Waals surface area contributed by atoms with E-state index in [4.69, 9.17) is 5.11 Å². The number of β-amino-alcohol motifs (C(OH)–C–C–N with tert-alkyl or cyclic N) is 1. The number of hydrogen-bond acceptors (Lipinski definition) is 4. The molecule has 1 fully saturated rings. The average Bonchev–Trinajstić information content (AvgIpc) is 2.75. The van der Waals surface area contributed by atoms with Crippen LogP contribution in [0.2, 0.25) is 0 Å². The number of carboxylic acid groups (broad SMARTS) is 1. The molecule has 1 saturated heterocycles. The highest BCUT2D eigenvalue weighted by molar-refractivity contribution is 7.89. The minimum absolute atomic E-state index is 0.0564. The lowest BCUT2D eigenvalue weighted by Crippen LogP contribution is -2.40. The van der Waals surface area contributed by atoms with Crippen molar-refractivity contribution in [3.63, 3.8) is 0 Å². The number of sulfonamides is 1. The van der Waals surface area contributed by atoms with E-state index in [1.807, 2.05) is 6.92 Å². The third-order valence-electron chi connectivity index (χ3n) is 3.60. The van der Waals surface area contributed by atoms with Crippen molar-refractivity contribution in [2.45, 2.75) is 37.3 Å². The number of benzene rings is 1. The van der Waals surface area contributed by atoms with Crippen molar-refractivity contribution in [1.82, 2.24) is 4.31 Å². The molecule has 2 rings (SSSR count). The summed E-state index contributed by atoms with van der Waals surface area (Å²) in [5.74, 6) is -1.24. The summed E-state index contributed by atoms with van der Waals surface area (Å²) >= 11 is 0. The van der Waals surface area contributed by atoms with Gasteiger partial charge >= 0.3 is 5.97 Å². The Kier molecular flexibility index (Phi) is 3.86. The van der Waals surface area contributed by atoms with Gasteiger partial charge < -0.3 is 10.2 Å². The van der Waals surface area contributed by atoms with Crippen LogP contribution in [0.4, 0.5) is 0 Å². The SMILES string of the molecule is Cc1ccc(S(=O)(=O)N2C[C@@H](O)C[C@@H]2C(=O)O)cc1C. The van der Waals surface area contributed by atoms with E-state index in [1.54, 1.807) is 13.0 Å². The lowest BCUT2D eigenvalue weighted by Gasteiger charge is -2.21. The minimum atomic E-state index is -3.91. The highest BCUT2D eigenvalue weighted by Gasteiger charge is 2.43. The molecule has 0 aliphatic carbocycles. The van der Waals surface area contributed by atoms with Crippen molar-refractivity contribution >= 4 is 16.0 Å². The first-order valence-electron chi connectivity index (χ1n) is 6.23. The Balaban J connectivity index is 2.43. The van der Waals surface area contributed by atoms with E-state index in [1.165, 1.54) is 12.1 Å². The normalized spacial score (nSPS) is 23.9. The summed E-state index contributed by atoms with van der Waals surface area (Å²) in [6.07, 6.45) is -1.03. The number of carboxylic acids is 1. The molecule has 7 heteroatoms. The Bertz CT molecular complexity index is 640. The molecule has 1 aromatic carbocycles. The maximum Gasteiger partial charge on any atom is 0.322 e. The Morgan fingerprint density at radius 2 is 1.95 bits per heavy atom. The first-order valence-corrected chi connectivity index (χ1v) is 7.67.